The van der Waals surface area contributed by atoms with Gasteiger partial charge < -0.3 is 18.6 Å². The maximum atomic E-state index is 12.9. The molecule has 0 saturated heterocycles. The Kier molecular flexibility index (Phi) is 7.10. The van der Waals surface area contributed by atoms with Crippen LogP contribution in [0.2, 0.25) is 0 Å². The van der Waals surface area contributed by atoms with Crippen LogP contribution in [0.4, 0.5) is 5.95 Å². The molecule has 0 fully saturated rings. The first-order valence-corrected chi connectivity index (χ1v) is 11.3. The third-order valence-corrected chi connectivity index (χ3v) is 5.67. The Morgan fingerprint density at radius 2 is 1.91 bits per heavy atom. The summed E-state index contributed by atoms with van der Waals surface area (Å²) in [7, 11) is 0. The standard InChI is InChI=1S/C26H30N4O3/c1-4-29(5-2)15-16-30-23-12-7-6-11-22(23)27-26(30)28-25(31)24-14-13-21(33-24)18-32-20-10-8-9-19(3)17-20/h6-14,17H,4-5,15-16,18H2,1-3H3,(H,27,28,31). The Hall–Kier alpha value is -3.58. The number of nitrogens with zero attached hydrogens (tertiary/aromatic N) is 3. The molecule has 2 aromatic carbocycles. The fourth-order valence-electron chi connectivity index (χ4n) is 3.78. The van der Waals surface area contributed by atoms with Crippen molar-refractivity contribution < 1.29 is 13.9 Å². The number of rotatable bonds is 10. The van der Waals surface area contributed by atoms with Crippen LogP contribution in [0.5, 0.6) is 5.75 Å². The molecule has 0 unspecified atom stereocenters. The van der Waals surface area contributed by atoms with Crippen molar-refractivity contribution in [3.05, 3.63) is 77.7 Å². The normalized spacial score (nSPS) is 11.3. The molecule has 0 aliphatic heterocycles. The van der Waals surface area contributed by atoms with E-state index in [0.717, 1.165) is 48.5 Å². The van der Waals surface area contributed by atoms with Crippen LogP contribution in [-0.4, -0.2) is 40.0 Å². The molecule has 0 saturated carbocycles. The smallest absolute Gasteiger partial charge is 0.293 e. The predicted molar refractivity (Wildman–Crippen MR) is 130 cm³/mol. The van der Waals surface area contributed by atoms with Crippen molar-refractivity contribution in [2.24, 2.45) is 0 Å². The maximum Gasteiger partial charge on any atom is 0.293 e. The van der Waals surface area contributed by atoms with Gasteiger partial charge in [0, 0.05) is 13.1 Å². The van der Waals surface area contributed by atoms with E-state index in [1.54, 1.807) is 12.1 Å². The zero-order valence-electron chi connectivity index (χ0n) is 19.4. The number of nitrogens with one attached hydrogen (secondary N) is 1. The van der Waals surface area contributed by atoms with Gasteiger partial charge in [0.2, 0.25) is 5.95 Å². The highest BCUT2D eigenvalue weighted by Crippen LogP contribution is 2.21. The van der Waals surface area contributed by atoms with E-state index in [0.29, 0.717) is 11.7 Å². The molecule has 1 N–H and O–H groups in total. The van der Waals surface area contributed by atoms with Crippen molar-refractivity contribution in [1.82, 2.24) is 14.5 Å². The topological polar surface area (TPSA) is 72.5 Å². The summed E-state index contributed by atoms with van der Waals surface area (Å²) in [5.74, 6) is 1.75. The monoisotopic (exact) mass is 446 g/mol. The van der Waals surface area contributed by atoms with E-state index >= 15 is 0 Å². The molecule has 1 amide bonds. The number of carbonyl (C=O) groups excluding carboxylic acids is 1. The molecule has 0 atom stereocenters. The van der Waals surface area contributed by atoms with E-state index in [9.17, 15) is 4.79 Å². The fraction of sp³-hybridized carbons (Fsp3) is 0.308. The van der Waals surface area contributed by atoms with Gasteiger partial charge >= 0.3 is 0 Å². The van der Waals surface area contributed by atoms with Crippen molar-refractivity contribution in [3.8, 4) is 5.75 Å². The van der Waals surface area contributed by atoms with Crippen LogP contribution in [-0.2, 0) is 13.2 Å². The number of benzene rings is 2. The third kappa shape index (κ3) is 5.43. The molecule has 4 aromatic rings. The second kappa shape index (κ2) is 10.4. The number of aromatic nitrogens is 2. The number of aryl methyl sites for hydroxylation is 1. The van der Waals surface area contributed by atoms with Gasteiger partial charge in [-0.25, -0.2) is 4.98 Å². The van der Waals surface area contributed by atoms with Crippen LogP contribution in [0.3, 0.4) is 0 Å². The first kappa shape index (κ1) is 22.6. The highest BCUT2D eigenvalue weighted by molar-refractivity contribution is 6.02. The number of carbonyl (C=O) groups is 1. The van der Waals surface area contributed by atoms with Crippen LogP contribution in [0.25, 0.3) is 11.0 Å². The van der Waals surface area contributed by atoms with E-state index < -0.39 is 0 Å². The summed E-state index contributed by atoms with van der Waals surface area (Å²) in [6.07, 6.45) is 0. The van der Waals surface area contributed by atoms with Crippen molar-refractivity contribution >= 4 is 22.9 Å². The summed E-state index contributed by atoms with van der Waals surface area (Å²) in [5.41, 5.74) is 2.96. The van der Waals surface area contributed by atoms with Gasteiger partial charge in [0.15, 0.2) is 5.76 Å². The molecule has 0 radical (unpaired) electrons. The summed E-state index contributed by atoms with van der Waals surface area (Å²) in [6, 6.07) is 19.1. The number of furan rings is 1. The van der Waals surface area contributed by atoms with Crippen molar-refractivity contribution in [1.29, 1.82) is 0 Å². The number of anilines is 1. The lowest BCUT2D eigenvalue weighted by atomic mass is 10.2. The molecule has 4 rings (SSSR count). The lowest BCUT2D eigenvalue weighted by Gasteiger charge is -2.19. The number of imidazole rings is 1. The van der Waals surface area contributed by atoms with Gasteiger partial charge in [0.05, 0.1) is 11.0 Å². The zero-order chi connectivity index (χ0) is 23.2. The summed E-state index contributed by atoms with van der Waals surface area (Å²) >= 11 is 0. The van der Waals surface area contributed by atoms with Gasteiger partial charge in [-0.05, 0) is 62.0 Å². The molecular formula is C26H30N4O3. The first-order chi connectivity index (χ1) is 16.1. The Morgan fingerprint density at radius 3 is 2.70 bits per heavy atom. The number of likely N-dealkylation sites (N-methyl/N-ethyl adjacent to an activating group) is 1. The van der Waals surface area contributed by atoms with Gasteiger partial charge in [0.25, 0.3) is 5.91 Å². The van der Waals surface area contributed by atoms with E-state index in [4.69, 9.17) is 9.15 Å². The average Bonchev–Trinajstić information content (AvgIpc) is 3.43. The van der Waals surface area contributed by atoms with E-state index in [1.165, 1.54) is 0 Å². The Morgan fingerprint density at radius 1 is 1.09 bits per heavy atom. The second-order valence-electron chi connectivity index (χ2n) is 7.93. The lowest BCUT2D eigenvalue weighted by molar-refractivity contribution is 0.0991. The number of hydrogen-bond donors (Lipinski definition) is 1. The molecule has 2 aromatic heterocycles. The van der Waals surface area contributed by atoms with Crippen LogP contribution in [0.15, 0.2) is 65.1 Å². The number of fused-ring (bicyclic) bond motifs is 1. The molecule has 33 heavy (non-hydrogen) atoms. The number of amides is 1. The van der Waals surface area contributed by atoms with Crippen molar-refractivity contribution in [3.63, 3.8) is 0 Å². The van der Waals surface area contributed by atoms with Crippen LogP contribution in [0.1, 0.15) is 35.7 Å². The Bertz CT molecular complexity index is 1220. The first-order valence-electron chi connectivity index (χ1n) is 11.3. The quantitative estimate of drug-likeness (QED) is 0.366. The molecule has 7 nitrogen and oxygen atoms in total. The van der Waals surface area contributed by atoms with E-state index in [1.807, 2.05) is 55.5 Å². The minimum atomic E-state index is -0.337. The zero-order valence-corrected chi connectivity index (χ0v) is 19.4. The SMILES string of the molecule is CCN(CC)CCn1c(NC(=O)c2ccc(COc3cccc(C)c3)o2)nc2ccccc21. The fourth-order valence-corrected chi connectivity index (χ4v) is 3.78. The van der Waals surface area contributed by atoms with Crippen molar-refractivity contribution in [2.45, 2.75) is 33.9 Å². The van der Waals surface area contributed by atoms with Gasteiger partial charge in [-0.1, -0.05) is 38.1 Å². The summed E-state index contributed by atoms with van der Waals surface area (Å²) in [5, 5.41) is 2.93. The van der Waals surface area contributed by atoms with Gasteiger partial charge in [-0.15, -0.1) is 0 Å². The lowest BCUT2D eigenvalue weighted by Crippen LogP contribution is -2.27. The summed E-state index contributed by atoms with van der Waals surface area (Å²) < 4.78 is 13.6. The molecular weight excluding hydrogens is 416 g/mol. The highest BCUT2D eigenvalue weighted by atomic mass is 16.5. The third-order valence-electron chi connectivity index (χ3n) is 5.67. The van der Waals surface area contributed by atoms with E-state index in [2.05, 4.69) is 33.6 Å². The molecule has 7 heteroatoms. The highest BCUT2D eigenvalue weighted by Gasteiger charge is 2.17. The molecule has 172 valence electrons. The second-order valence-corrected chi connectivity index (χ2v) is 7.93. The number of hydrogen-bond acceptors (Lipinski definition) is 5. The minimum Gasteiger partial charge on any atom is -0.486 e. The van der Waals surface area contributed by atoms with Gasteiger partial charge in [-0.2, -0.15) is 0 Å². The predicted octanol–water partition coefficient (Wildman–Crippen LogP) is 5.11. The molecule has 0 aliphatic rings. The molecule has 2 heterocycles. The summed E-state index contributed by atoms with van der Waals surface area (Å²) in [4.78, 5) is 19.9. The van der Waals surface area contributed by atoms with Crippen LogP contribution in [0, 0.1) is 6.92 Å². The largest absolute Gasteiger partial charge is 0.486 e. The molecule has 0 bridgehead atoms. The number of ether oxygens (including phenoxy) is 1. The summed E-state index contributed by atoms with van der Waals surface area (Å²) in [6.45, 7) is 10.1. The van der Waals surface area contributed by atoms with Gasteiger partial charge in [-0.3, -0.25) is 10.1 Å². The van der Waals surface area contributed by atoms with Crippen LogP contribution >= 0.6 is 0 Å². The maximum absolute atomic E-state index is 12.9. The van der Waals surface area contributed by atoms with Gasteiger partial charge in [0.1, 0.15) is 18.1 Å². The molecule has 0 spiro atoms. The Balaban J connectivity index is 1.47. The molecule has 0 aliphatic carbocycles. The van der Waals surface area contributed by atoms with E-state index in [-0.39, 0.29) is 18.3 Å². The average molecular weight is 447 g/mol. The minimum absolute atomic E-state index is 0.222. The Labute approximate surface area is 194 Å². The number of para-hydroxylation sites is 2. The van der Waals surface area contributed by atoms with Crippen LogP contribution < -0.4 is 10.1 Å². The van der Waals surface area contributed by atoms with Crippen molar-refractivity contribution in [2.75, 3.05) is 25.0 Å².